The number of fused-ring (bicyclic) bond motifs is 1. The maximum Gasteiger partial charge on any atom is 0.0124 e. The lowest BCUT2D eigenvalue weighted by atomic mass is 9.76. The van der Waals surface area contributed by atoms with E-state index in [0.29, 0.717) is 0 Å². The van der Waals surface area contributed by atoms with Crippen molar-refractivity contribution in [1.82, 2.24) is 5.32 Å². The van der Waals surface area contributed by atoms with Gasteiger partial charge in [0.2, 0.25) is 0 Å². The third-order valence-electron chi connectivity index (χ3n) is 4.14. The van der Waals surface area contributed by atoms with Crippen LogP contribution in [0.15, 0.2) is 55.1 Å². The van der Waals surface area contributed by atoms with Crippen LogP contribution in [0.4, 0.5) is 0 Å². The zero-order valence-corrected chi connectivity index (χ0v) is 10.7. The molecule has 1 heteroatoms. The second-order valence-electron chi connectivity index (χ2n) is 5.26. The Morgan fingerprint density at radius 1 is 1.17 bits per heavy atom. The Morgan fingerprint density at radius 2 is 2.00 bits per heavy atom. The summed E-state index contributed by atoms with van der Waals surface area (Å²) in [5.74, 6) is 0. The number of allylic oxidation sites excluding steroid dienone is 1. The van der Waals surface area contributed by atoms with Crippen molar-refractivity contribution in [3.63, 3.8) is 0 Å². The molecule has 0 bridgehead atoms. The van der Waals surface area contributed by atoms with Crippen LogP contribution >= 0.6 is 0 Å². The van der Waals surface area contributed by atoms with Crippen molar-refractivity contribution >= 4 is 10.8 Å². The molecule has 1 aliphatic rings. The van der Waals surface area contributed by atoms with Crippen LogP contribution in [-0.4, -0.2) is 13.1 Å². The van der Waals surface area contributed by atoms with Gasteiger partial charge in [0.15, 0.2) is 0 Å². The van der Waals surface area contributed by atoms with Crippen LogP contribution in [0.1, 0.15) is 18.4 Å². The molecule has 0 aliphatic carbocycles. The highest BCUT2D eigenvalue weighted by molar-refractivity contribution is 5.83. The summed E-state index contributed by atoms with van der Waals surface area (Å²) >= 11 is 0. The number of nitrogens with one attached hydrogen (secondary N) is 1. The highest BCUT2D eigenvalue weighted by Gasteiger charge is 2.34. The summed E-state index contributed by atoms with van der Waals surface area (Å²) in [4.78, 5) is 0. The number of hydrogen-bond donors (Lipinski definition) is 1. The van der Waals surface area contributed by atoms with E-state index in [1.807, 2.05) is 0 Å². The minimum absolute atomic E-state index is 0.256. The van der Waals surface area contributed by atoms with E-state index in [2.05, 4.69) is 60.4 Å². The Kier molecular flexibility index (Phi) is 2.92. The fraction of sp³-hybridized carbons (Fsp3) is 0.294. The van der Waals surface area contributed by atoms with Crippen molar-refractivity contribution in [3.05, 3.63) is 60.7 Å². The van der Waals surface area contributed by atoms with Crippen LogP contribution in [0.2, 0.25) is 0 Å². The Morgan fingerprint density at radius 3 is 2.72 bits per heavy atom. The summed E-state index contributed by atoms with van der Waals surface area (Å²) in [5, 5.41) is 6.16. The van der Waals surface area contributed by atoms with Gasteiger partial charge in [0.05, 0.1) is 0 Å². The van der Waals surface area contributed by atoms with E-state index in [-0.39, 0.29) is 5.41 Å². The summed E-state index contributed by atoms with van der Waals surface area (Å²) in [5.41, 5.74) is 1.71. The van der Waals surface area contributed by atoms with Gasteiger partial charge in [-0.1, -0.05) is 48.5 Å². The van der Waals surface area contributed by atoms with Crippen LogP contribution in [0.3, 0.4) is 0 Å². The first-order valence-electron chi connectivity index (χ1n) is 6.65. The first-order chi connectivity index (χ1) is 8.84. The minimum atomic E-state index is 0.256. The summed E-state index contributed by atoms with van der Waals surface area (Å²) in [6.45, 7) is 6.11. The van der Waals surface area contributed by atoms with Gasteiger partial charge in [-0.3, -0.25) is 0 Å². The lowest BCUT2D eigenvalue weighted by Gasteiger charge is -2.28. The topological polar surface area (TPSA) is 12.0 Å². The zero-order chi connectivity index (χ0) is 12.4. The van der Waals surface area contributed by atoms with E-state index in [4.69, 9.17) is 0 Å². The predicted molar refractivity (Wildman–Crippen MR) is 77.9 cm³/mol. The van der Waals surface area contributed by atoms with Gasteiger partial charge in [-0.15, -0.1) is 6.58 Å². The largest absolute Gasteiger partial charge is 0.316 e. The highest BCUT2D eigenvalue weighted by atomic mass is 14.9. The molecule has 0 spiro atoms. The van der Waals surface area contributed by atoms with E-state index in [9.17, 15) is 0 Å². The lowest BCUT2D eigenvalue weighted by molar-refractivity contribution is 0.478. The van der Waals surface area contributed by atoms with Crippen LogP contribution in [0.5, 0.6) is 0 Å². The molecule has 0 radical (unpaired) electrons. The molecule has 0 amide bonds. The first kappa shape index (κ1) is 11.5. The first-order valence-corrected chi connectivity index (χ1v) is 6.65. The van der Waals surface area contributed by atoms with Crippen LogP contribution in [0, 0.1) is 0 Å². The van der Waals surface area contributed by atoms with Crippen LogP contribution < -0.4 is 5.32 Å². The summed E-state index contributed by atoms with van der Waals surface area (Å²) in [7, 11) is 0. The van der Waals surface area contributed by atoms with E-state index < -0.39 is 0 Å². The molecule has 1 nitrogen and oxygen atoms in total. The minimum Gasteiger partial charge on any atom is -0.316 e. The predicted octanol–water partition coefficient (Wildman–Crippen LogP) is 3.65. The summed E-state index contributed by atoms with van der Waals surface area (Å²) in [6, 6.07) is 15.5. The highest BCUT2D eigenvalue weighted by Crippen LogP contribution is 2.35. The normalized spacial score (nSPS) is 23.3. The molecule has 1 heterocycles. The molecule has 2 aromatic rings. The molecule has 1 aliphatic heterocycles. The smallest absolute Gasteiger partial charge is 0.0124 e. The van der Waals surface area contributed by atoms with Crippen molar-refractivity contribution in [2.24, 2.45) is 0 Å². The van der Waals surface area contributed by atoms with Gasteiger partial charge in [0.1, 0.15) is 0 Å². The molecule has 0 aromatic heterocycles. The average Bonchev–Trinajstić information content (AvgIpc) is 2.88. The third kappa shape index (κ3) is 1.85. The van der Waals surface area contributed by atoms with Crippen molar-refractivity contribution in [3.8, 4) is 0 Å². The lowest BCUT2D eigenvalue weighted by Crippen LogP contribution is -2.28. The van der Waals surface area contributed by atoms with Crippen molar-refractivity contribution in [2.75, 3.05) is 13.1 Å². The summed E-state index contributed by atoms with van der Waals surface area (Å²) in [6.07, 6.45) is 4.32. The van der Waals surface area contributed by atoms with E-state index in [1.54, 1.807) is 0 Å². The standard InChI is InChI=1S/C17H19N/c1-2-9-17(10-11-18-13-17)16-8-7-14-5-3-4-6-15(14)12-16/h2-8,12,18H,1,9-11,13H2/t17-/m1/s1. The second-order valence-corrected chi connectivity index (χ2v) is 5.26. The van der Waals surface area contributed by atoms with E-state index >= 15 is 0 Å². The number of benzene rings is 2. The molecular formula is C17H19N. The van der Waals surface area contributed by atoms with Crippen LogP contribution in [0.25, 0.3) is 10.8 Å². The average molecular weight is 237 g/mol. The molecular weight excluding hydrogens is 218 g/mol. The Balaban J connectivity index is 2.09. The Bertz CT molecular complexity index is 565. The van der Waals surface area contributed by atoms with Gasteiger partial charge in [-0.25, -0.2) is 0 Å². The fourth-order valence-corrected chi connectivity index (χ4v) is 3.08. The van der Waals surface area contributed by atoms with Gasteiger partial charge in [-0.05, 0) is 35.7 Å². The zero-order valence-electron chi connectivity index (χ0n) is 10.7. The van der Waals surface area contributed by atoms with Gasteiger partial charge < -0.3 is 5.32 Å². The quantitative estimate of drug-likeness (QED) is 0.804. The Labute approximate surface area is 109 Å². The molecule has 1 saturated heterocycles. The Hall–Kier alpha value is -1.60. The van der Waals surface area contributed by atoms with Gasteiger partial charge in [-0.2, -0.15) is 0 Å². The maximum absolute atomic E-state index is 3.93. The van der Waals surface area contributed by atoms with Crippen molar-refractivity contribution in [2.45, 2.75) is 18.3 Å². The van der Waals surface area contributed by atoms with Gasteiger partial charge in [0, 0.05) is 12.0 Å². The molecule has 2 aromatic carbocycles. The van der Waals surface area contributed by atoms with Crippen molar-refractivity contribution in [1.29, 1.82) is 0 Å². The monoisotopic (exact) mass is 237 g/mol. The number of hydrogen-bond acceptors (Lipinski definition) is 1. The van der Waals surface area contributed by atoms with Gasteiger partial charge in [0.25, 0.3) is 0 Å². The maximum atomic E-state index is 3.93. The molecule has 1 N–H and O–H groups in total. The molecule has 0 saturated carbocycles. The number of rotatable bonds is 3. The second kappa shape index (κ2) is 4.58. The molecule has 0 unspecified atom stereocenters. The van der Waals surface area contributed by atoms with Crippen LogP contribution in [-0.2, 0) is 5.41 Å². The molecule has 18 heavy (non-hydrogen) atoms. The molecule has 3 rings (SSSR count). The third-order valence-corrected chi connectivity index (χ3v) is 4.14. The fourth-order valence-electron chi connectivity index (χ4n) is 3.08. The van der Waals surface area contributed by atoms with Crippen molar-refractivity contribution < 1.29 is 0 Å². The van der Waals surface area contributed by atoms with E-state index in [1.165, 1.54) is 22.8 Å². The van der Waals surface area contributed by atoms with Gasteiger partial charge >= 0.3 is 0 Å². The molecule has 92 valence electrons. The molecule has 1 atom stereocenters. The molecule has 1 fully saturated rings. The summed E-state index contributed by atoms with van der Waals surface area (Å²) < 4.78 is 0. The van der Waals surface area contributed by atoms with E-state index in [0.717, 1.165) is 19.5 Å². The SMILES string of the molecule is C=CC[C@@]1(c2ccc3ccccc3c2)CCNC1.